The molecule has 32 heavy (non-hydrogen) atoms. The van der Waals surface area contributed by atoms with Crippen LogP contribution in [0.15, 0.2) is 66.9 Å². The fourth-order valence-electron chi connectivity index (χ4n) is 4.81. The first-order valence-electron chi connectivity index (χ1n) is 11.0. The number of nitrogens with zero attached hydrogens (tertiary/aromatic N) is 3. The van der Waals surface area contributed by atoms with Crippen LogP contribution in [0, 0.1) is 0 Å². The van der Waals surface area contributed by atoms with E-state index in [-0.39, 0.29) is 5.54 Å². The molecule has 2 aromatic heterocycles. The minimum absolute atomic E-state index is 0.179. The van der Waals surface area contributed by atoms with Crippen LogP contribution in [-0.4, -0.2) is 21.6 Å². The third-order valence-corrected chi connectivity index (χ3v) is 6.66. The second-order valence-corrected chi connectivity index (χ2v) is 8.63. The summed E-state index contributed by atoms with van der Waals surface area (Å²) < 4.78 is 7.75. The average molecular weight is 424 g/mol. The Kier molecular flexibility index (Phi) is 4.38. The summed E-state index contributed by atoms with van der Waals surface area (Å²) in [7, 11) is 1.71. The van der Waals surface area contributed by atoms with Crippen LogP contribution in [-0.2, 0) is 16.9 Å². The van der Waals surface area contributed by atoms with Gasteiger partial charge in [0.2, 0.25) is 0 Å². The number of pyridine rings is 1. The molecule has 3 N–H and O–H groups in total. The maximum absolute atomic E-state index is 6.56. The van der Waals surface area contributed by atoms with Gasteiger partial charge in [0.1, 0.15) is 5.82 Å². The molecule has 4 aromatic rings. The number of imidazole rings is 1. The number of benzene rings is 2. The van der Waals surface area contributed by atoms with Crippen LogP contribution in [0.2, 0.25) is 0 Å². The first kappa shape index (κ1) is 19.2. The molecule has 2 aromatic carbocycles. The third-order valence-electron chi connectivity index (χ3n) is 6.66. The molecule has 0 spiro atoms. The predicted molar refractivity (Wildman–Crippen MR) is 126 cm³/mol. The van der Waals surface area contributed by atoms with Crippen LogP contribution in [0.1, 0.15) is 30.5 Å². The maximum atomic E-state index is 6.56. The van der Waals surface area contributed by atoms with Crippen molar-refractivity contribution in [2.45, 2.75) is 31.4 Å². The number of nitrogens with one attached hydrogen (secondary N) is 1. The fourth-order valence-corrected chi connectivity index (χ4v) is 4.81. The van der Waals surface area contributed by atoms with E-state index in [1.54, 1.807) is 13.3 Å². The Morgan fingerprint density at radius 2 is 1.88 bits per heavy atom. The number of aromatic nitrogens is 3. The Labute approximate surface area is 187 Å². The summed E-state index contributed by atoms with van der Waals surface area (Å²) >= 11 is 0. The Balaban J connectivity index is 1.60. The van der Waals surface area contributed by atoms with E-state index >= 15 is 0 Å². The summed E-state index contributed by atoms with van der Waals surface area (Å²) in [4.78, 5) is 9.69. The van der Waals surface area contributed by atoms with Gasteiger partial charge < -0.3 is 15.8 Å². The van der Waals surface area contributed by atoms with Crippen LogP contribution < -0.4 is 11.1 Å². The Morgan fingerprint density at radius 1 is 1.06 bits per heavy atom. The van der Waals surface area contributed by atoms with Crippen molar-refractivity contribution in [2.24, 2.45) is 5.73 Å². The Morgan fingerprint density at radius 3 is 2.62 bits per heavy atom. The van der Waals surface area contributed by atoms with Crippen molar-refractivity contribution in [2.75, 3.05) is 12.4 Å². The molecular weight excluding hydrogens is 398 g/mol. The van der Waals surface area contributed by atoms with E-state index in [0.717, 1.165) is 58.4 Å². The van der Waals surface area contributed by atoms with E-state index in [4.69, 9.17) is 15.5 Å². The van der Waals surface area contributed by atoms with Gasteiger partial charge in [-0.2, -0.15) is 0 Å². The largest absolute Gasteiger partial charge is 0.378 e. The van der Waals surface area contributed by atoms with Gasteiger partial charge in [-0.05, 0) is 49.1 Å². The van der Waals surface area contributed by atoms with Gasteiger partial charge in [0, 0.05) is 30.0 Å². The normalized spacial score (nSPS) is 15.6. The lowest BCUT2D eigenvalue weighted by molar-refractivity contribution is 0.182. The van der Waals surface area contributed by atoms with Gasteiger partial charge in [0.25, 0.3) is 0 Å². The monoisotopic (exact) mass is 423 g/mol. The minimum Gasteiger partial charge on any atom is -0.378 e. The van der Waals surface area contributed by atoms with Gasteiger partial charge in [-0.3, -0.25) is 4.57 Å². The van der Waals surface area contributed by atoms with Crippen LogP contribution in [0.25, 0.3) is 28.3 Å². The SMILES string of the molecule is COCc1nc2n(c1-c1ccc(C3(N)CCC3)cc1)-c1cccnc1Nc1ccccc1-2. The van der Waals surface area contributed by atoms with Crippen LogP contribution >= 0.6 is 0 Å². The van der Waals surface area contributed by atoms with Crippen molar-refractivity contribution in [3.63, 3.8) is 0 Å². The number of fused-ring (bicyclic) bond motifs is 5. The number of hydrogen-bond acceptors (Lipinski definition) is 5. The Hall–Kier alpha value is -3.48. The van der Waals surface area contributed by atoms with Gasteiger partial charge >= 0.3 is 0 Å². The van der Waals surface area contributed by atoms with Gasteiger partial charge in [0.05, 0.1) is 29.4 Å². The molecule has 2 aliphatic rings. The molecule has 6 nitrogen and oxygen atoms in total. The molecule has 6 heteroatoms. The molecule has 0 saturated heterocycles. The summed E-state index contributed by atoms with van der Waals surface area (Å²) in [5.74, 6) is 1.67. The summed E-state index contributed by atoms with van der Waals surface area (Å²) in [5.41, 5.74) is 13.5. The van der Waals surface area contributed by atoms with Crippen LogP contribution in [0.4, 0.5) is 11.5 Å². The summed E-state index contributed by atoms with van der Waals surface area (Å²) in [6.07, 6.45) is 5.10. The molecule has 3 heterocycles. The number of rotatable bonds is 4. The molecule has 0 unspecified atom stereocenters. The fraction of sp³-hybridized carbons (Fsp3) is 0.231. The van der Waals surface area contributed by atoms with Crippen molar-refractivity contribution < 1.29 is 4.74 Å². The highest BCUT2D eigenvalue weighted by Gasteiger charge is 2.34. The number of methoxy groups -OCH3 is 1. The van der Waals surface area contributed by atoms with Crippen molar-refractivity contribution >= 4 is 11.5 Å². The highest BCUT2D eigenvalue weighted by atomic mass is 16.5. The van der Waals surface area contributed by atoms with E-state index in [1.165, 1.54) is 12.0 Å². The standard InChI is InChI=1S/C26H25N5O/c1-32-16-21-23(17-9-11-18(12-10-17)26(27)13-5-14-26)31-22-8-4-15-28-24(22)29-20-7-3-2-6-19(20)25(31)30-21/h2-4,6-12,15H,5,13-14,16,27H2,1H3,(H,28,29). The topological polar surface area (TPSA) is 78.0 Å². The van der Waals surface area contributed by atoms with E-state index < -0.39 is 0 Å². The summed E-state index contributed by atoms with van der Waals surface area (Å²) in [6, 6.07) is 20.9. The molecule has 0 atom stereocenters. The lowest BCUT2D eigenvalue weighted by atomic mass is 9.72. The van der Waals surface area contributed by atoms with E-state index in [0.29, 0.717) is 6.61 Å². The number of ether oxygens (including phenoxy) is 1. The average Bonchev–Trinajstić information content (AvgIpc) is 3.11. The number of hydrogen-bond donors (Lipinski definition) is 2. The van der Waals surface area contributed by atoms with E-state index in [2.05, 4.69) is 57.3 Å². The molecule has 1 aliphatic heterocycles. The zero-order valence-electron chi connectivity index (χ0n) is 18.0. The quantitative estimate of drug-likeness (QED) is 0.418. The second kappa shape index (κ2) is 7.29. The zero-order valence-corrected chi connectivity index (χ0v) is 18.0. The van der Waals surface area contributed by atoms with Gasteiger partial charge in [-0.25, -0.2) is 9.97 Å². The lowest BCUT2D eigenvalue weighted by Crippen LogP contribution is -2.43. The smallest absolute Gasteiger partial charge is 0.154 e. The zero-order chi connectivity index (χ0) is 21.7. The van der Waals surface area contributed by atoms with Crippen molar-refractivity contribution in [3.05, 3.63) is 78.1 Å². The van der Waals surface area contributed by atoms with Crippen LogP contribution in [0.5, 0.6) is 0 Å². The van der Waals surface area contributed by atoms with Gasteiger partial charge in [-0.15, -0.1) is 0 Å². The molecule has 1 aliphatic carbocycles. The predicted octanol–water partition coefficient (Wildman–Crippen LogP) is 5.14. The number of anilines is 2. The Bertz CT molecular complexity index is 1300. The van der Waals surface area contributed by atoms with Gasteiger partial charge in [-0.1, -0.05) is 36.4 Å². The molecule has 1 saturated carbocycles. The molecule has 160 valence electrons. The summed E-state index contributed by atoms with van der Waals surface area (Å²) in [5, 5.41) is 3.49. The van der Waals surface area contributed by atoms with Crippen LogP contribution in [0.3, 0.4) is 0 Å². The second-order valence-electron chi connectivity index (χ2n) is 8.63. The molecule has 0 radical (unpaired) electrons. The minimum atomic E-state index is -0.179. The van der Waals surface area contributed by atoms with E-state index in [1.807, 2.05) is 18.2 Å². The van der Waals surface area contributed by atoms with E-state index in [9.17, 15) is 0 Å². The maximum Gasteiger partial charge on any atom is 0.154 e. The van der Waals surface area contributed by atoms with Crippen molar-refractivity contribution in [1.82, 2.24) is 14.5 Å². The highest BCUT2D eigenvalue weighted by Crippen LogP contribution is 2.43. The highest BCUT2D eigenvalue weighted by molar-refractivity contribution is 5.86. The number of para-hydroxylation sites is 1. The molecule has 0 bridgehead atoms. The van der Waals surface area contributed by atoms with Crippen molar-refractivity contribution in [1.29, 1.82) is 0 Å². The first-order chi connectivity index (χ1) is 15.7. The molecule has 6 rings (SSSR count). The molecule has 1 fully saturated rings. The lowest BCUT2D eigenvalue weighted by Gasteiger charge is -2.38. The molecule has 0 amide bonds. The number of nitrogens with two attached hydrogens (primary N) is 1. The summed E-state index contributed by atoms with van der Waals surface area (Å²) in [6.45, 7) is 0.420. The first-order valence-corrected chi connectivity index (χ1v) is 11.0. The third kappa shape index (κ3) is 2.87. The molecular formula is C26H25N5O. The van der Waals surface area contributed by atoms with Gasteiger partial charge in [0.15, 0.2) is 5.82 Å². The van der Waals surface area contributed by atoms with Crippen molar-refractivity contribution in [3.8, 4) is 28.3 Å².